The van der Waals surface area contributed by atoms with E-state index in [1.807, 2.05) is 0 Å². The molecule has 6 aromatic rings. The number of para-hydroxylation sites is 2. The number of nitrogens with one attached hydrogen (secondary N) is 1. The van der Waals surface area contributed by atoms with Gasteiger partial charge in [0.05, 0.1) is 11.0 Å². The van der Waals surface area contributed by atoms with Crippen molar-refractivity contribution in [1.82, 2.24) is 9.55 Å². The van der Waals surface area contributed by atoms with Gasteiger partial charge in [-0.3, -0.25) is 0 Å². The summed E-state index contributed by atoms with van der Waals surface area (Å²) in [4.78, 5) is 3.65. The van der Waals surface area contributed by atoms with Crippen LogP contribution in [-0.4, -0.2) is 9.55 Å². The summed E-state index contributed by atoms with van der Waals surface area (Å²) in [6, 6.07) is 30.2. The van der Waals surface area contributed by atoms with Gasteiger partial charge in [-0.25, -0.2) is 0 Å². The van der Waals surface area contributed by atoms with Crippen LogP contribution in [0.4, 0.5) is 0 Å². The van der Waals surface area contributed by atoms with E-state index in [-0.39, 0.29) is 0 Å². The van der Waals surface area contributed by atoms with E-state index in [0.29, 0.717) is 0 Å². The van der Waals surface area contributed by atoms with Gasteiger partial charge in [0.2, 0.25) is 0 Å². The first-order valence-electron chi connectivity index (χ1n) is 8.89. The van der Waals surface area contributed by atoms with Crippen molar-refractivity contribution in [3.05, 3.63) is 91.1 Å². The van der Waals surface area contributed by atoms with Gasteiger partial charge >= 0.3 is 0 Å². The van der Waals surface area contributed by atoms with Gasteiger partial charge in [-0.05, 0) is 35.7 Å². The molecule has 0 aliphatic rings. The molecule has 2 heteroatoms. The maximum absolute atomic E-state index is 3.65. The number of aromatic amines is 1. The van der Waals surface area contributed by atoms with Crippen molar-refractivity contribution < 1.29 is 0 Å². The third-order valence-corrected chi connectivity index (χ3v) is 5.36. The summed E-state index contributed by atoms with van der Waals surface area (Å²) >= 11 is 0. The Morgan fingerprint density at radius 2 is 1.42 bits per heavy atom. The molecular weight excluding hydrogens is 316 g/mol. The van der Waals surface area contributed by atoms with E-state index >= 15 is 0 Å². The Kier molecular flexibility index (Phi) is 2.64. The monoisotopic (exact) mass is 332 g/mol. The Labute approximate surface area is 150 Å². The van der Waals surface area contributed by atoms with Crippen molar-refractivity contribution in [2.24, 2.45) is 0 Å². The fourth-order valence-corrected chi connectivity index (χ4v) is 4.17. The van der Waals surface area contributed by atoms with E-state index in [0.717, 1.165) is 0 Å². The second-order valence-corrected chi connectivity index (χ2v) is 6.78. The lowest BCUT2D eigenvalue weighted by Crippen LogP contribution is -1.90. The number of nitrogens with zero attached hydrogens (tertiary/aromatic N) is 1. The van der Waals surface area contributed by atoms with Gasteiger partial charge in [0.25, 0.3) is 0 Å². The minimum Gasteiger partial charge on any atom is -0.354 e. The molecule has 0 saturated carbocycles. The van der Waals surface area contributed by atoms with Crippen molar-refractivity contribution in [1.29, 1.82) is 0 Å². The number of aromatic nitrogens is 2. The minimum absolute atomic E-state index is 1.19. The van der Waals surface area contributed by atoms with Crippen LogP contribution in [0.3, 0.4) is 0 Å². The van der Waals surface area contributed by atoms with E-state index in [4.69, 9.17) is 0 Å². The molecule has 2 nitrogen and oxygen atoms in total. The van der Waals surface area contributed by atoms with Gasteiger partial charge in [0, 0.05) is 38.9 Å². The summed E-state index contributed by atoms with van der Waals surface area (Å²) in [7, 11) is 0. The molecule has 122 valence electrons. The number of rotatable bonds is 1. The number of fused-ring (bicyclic) bond motifs is 7. The Hall–Kier alpha value is -3.52. The molecule has 0 atom stereocenters. The van der Waals surface area contributed by atoms with E-state index in [1.54, 1.807) is 0 Å². The fraction of sp³-hybridized carbons (Fsp3) is 0. The maximum Gasteiger partial charge on any atom is 0.0551 e. The molecule has 0 bridgehead atoms. The zero-order chi connectivity index (χ0) is 17.1. The number of hydrogen-bond acceptors (Lipinski definition) is 0. The average molecular weight is 332 g/mol. The van der Waals surface area contributed by atoms with Gasteiger partial charge in [-0.2, -0.15) is 0 Å². The van der Waals surface area contributed by atoms with Gasteiger partial charge in [-0.1, -0.05) is 54.6 Å². The van der Waals surface area contributed by atoms with E-state index in [2.05, 4.69) is 101 Å². The van der Waals surface area contributed by atoms with E-state index < -0.39 is 0 Å². The Morgan fingerprint density at radius 1 is 0.615 bits per heavy atom. The van der Waals surface area contributed by atoms with Crippen molar-refractivity contribution in [3.8, 4) is 5.69 Å². The molecule has 2 heterocycles. The lowest BCUT2D eigenvalue weighted by atomic mass is 10.0. The van der Waals surface area contributed by atoms with Gasteiger partial charge in [-0.15, -0.1) is 0 Å². The lowest BCUT2D eigenvalue weighted by Gasteiger charge is -2.07. The first-order valence-corrected chi connectivity index (χ1v) is 8.89. The standard InChI is InChI=1S/C24H16N2/c1-2-6-17(7-3-1)26-15-14-20-22(26)13-11-16-10-12-19-18-8-4-5-9-21(18)25-24(19)23(16)20/h1-15,25H. The molecule has 1 N–H and O–H groups in total. The average Bonchev–Trinajstić information content (AvgIpc) is 3.30. The molecular formula is C24H16N2. The summed E-state index contributed by atoms with van der Waals surface area (Å²) in [5, 5.41) is 6.41. The van der Waals surface area contributed by atoms with Gasteiger partial charge in [0.1, 0.15) is 0 Å². The van der Waals surface area contributed by atoms with Gasteiger partial charge in [0.15, 0.2) is 0 Å². The minimum atomic E-state index is 1.19. The van der Waals surface area contributed by atoms with Crippen LogP contribution in [0.1, 0.15) is 0 Å². The van der Waals surface area contributed by atoms with Crippen molar-refractivity contribution >= 4 is 43.5 Å². The van der Waals surface area contributed by atoms with Crippen LogP contribution in [0.15, 0.2) is 91.1 Å². The topological polar surface area (TPSA) is 20.7 Å². The molecule has 0 radical (unpaired) electrons. The number of hydrogen-bond donors (Lipinski definition) is 1. The molecule has 0 unspecified atom stereocenters. The highest BCUT2D eigenvalue weighted by Crippen LogP contribution is 2.36. The Morgan fingerprint density at radius 3 is 2.35 bits per heavy atom. The lowest BCUT2D eigenvalue weighted by molar-refractivity contribution is 1.13. The summed E-state index contributed by atoms with van der Waals surface area (Å²) in [5.74, 6) is 0. The molecule has 6 rings (SSSR count). The van der Waals surface area contributed by atoms with Crippen LogP contribution < -0.4 is 0 Å². The number of benzene rings is 4. The molecule has 0 aliphatic heterocycles. The second-order valence-electron chi connectivity index (χ2n) is 6.78. The molecule has 0 amide bonds. The zero-order valence-electron chi connectivity index (χ0n) is 14.1. The van der Waals surface area contributed by atoms with Crippen LogP contribution >= 0.6 is 0 Å². The molecule has 0 fully saturated rings. The molecule has 0 aliphatic carbocycles. The van der Waals surface area contributed by atoms with Crippen LogP contribution in [0, 0.1) is 0 Å². The highest BCUT2D eigenvalue weighted by Gasteiger charge is 2.12. The first kappa shape index (κ1) is 13.7. The molecule has 0 saturated heterocycles. The summed E-state index contributed by atoms with van der Waals surface area (Å²) in [6.07, 6.45) is 2.17. The smallest absolute Gasteiger partial charge is 0.0551 e. The normalized spacial score (nSPS) is 11.8. The van der Waals surface area contributed by atoms with Crippen LogP contribution in [0.5, 0.6) is 0 Å². The predicted octanol–water partition coefficient (Wildman–Crippen LogP) is 6.42. The van der Waals surface area contributed by atoms with Crippen molar-refractivity contribution in [2.75, 3.05) is 0 Å². The Bertz CT molecular complexity index is 1420. The molecule has 0 spiro atoms. The summed E-state index contributed by atoms with van der Waals surface area (Å²) in [6.45, 7) is 0. The van der Waals surface area contributed by atoms with Crippen molar-refractivity contribution in [2.45, 2.75) is 0 Å². The first-order chi connectivity index (χ1) is 12.9. The highest BCUT2D eigenvalue weighted by atomic mass is 15.0. The third kappa shape index (κ3) is 1.76. The highest BCUT2D eigenvalue weighted by molar-refractivity contribution is 6.24. The SMILES string of the molecule is c1ccc(-n2ccc3c4c(ccc5c6ccccc6[nH]c54)ccc32)cc1. The van der Waals surface area contributed by atoms with E-state index in [9.17, 15) is 0 Å². The Balaban J connectivity index is 1.79. The second kappa shape index (κ2) is 4.99. The third-order valence-electron chi connectivity index (χ3n) is 5.36. The van der Waals surface area contributed by atoms with Crippen LogP contribution in [0.25, 0.3) is 49.2 Å². The van der Waals surface area contributed by atoms with Crippen molar-refractivity contribution in [3.63, 3.8) is 0 Å². The van der Waals surface area contributed by atoms with E-state index in [1.165, 1.54) is 49.2 Å². The van der Waals surface area contributed by atoms with Crippen LogP contribution in [0.2, 0.25) is 0 Å². The quantitative estimate of drug-likeness (QED) is 0.359. The molecule has 4 aromatic carbocycles. The number of H-pyrrole nitrogens is 1. The zero-order valence-corrected chi connectivity index (χ0v) is 14.1. The molecule has 26 heavy (non-hydrogen) atoms. The maximum atomic E-state index is 3.65. The largest absolute Gasteiger partial charge is 0.354 e. The summed E-state index contributed by atoms with van der Waals surface area (Å²) in [5.41, 5.74) is 4.83. The fourth-order valence-electron chi connectivity index (χ4n) is 4.17. The predicted molar refractivity (Wildman–Crippen MR) is 110 cm³/mol. The summed E-state index contributed by atoms with van der Waals surface area (Å²) < 4.78 is 2.26. The molecule has 2 aromatic heterocycles. The van der Waals surface area contributed by atoms with Crippen LogP contribution in [-0.2, 0) is 0 Å². The van der Waals surface area contributed by atoms with Gasteiger partial charge < -0.3 is 9.55 Å².